The molecule has 1 aliphatic heterocycles. The van der Waals surface area contributed by atoms with Gasteiger partial charge in [0.15, 0.2) is 0 Å². The number of furan rings is 1. The lowest BCUT2D eigenvalue weighted by atomic mass is 9.95. The van der Waals surface area contributed by atoms with Crippen molar-refractivity contribution in [3.8, 4) is 0 Å². The Morgan fingerprint density at radius 2 is 2.09 bits per heavy atom. The third-order valence-electron chi connectivity index (χ3n) is 4.80. The zero-order valence-electron chi connectivity index (χ0n) is 12.7. The molecule has 1 fully saturated rings. The van der Waals surface area contributed by atoms with Gasteiger partial charge in [-0.15, -0.1) is 0 Å². The minimum Gasteiger partial charge on any atom is -0.469 e. The minimum atomic E-state index is -0.434. The third-order valence-corrected chi connectivity index (χ3v) is 4.80. The van der Waals surface area contributed by atoms with Gasteiger partial charge in [-0.05, 0) is 49.1 Å². The molecule has 2 heterocycles. The number of nitrogens with zero attached hydrogens (tertiary/aromatic N) is 1. The quantitative estimate of drug-likeness (QED) is 0.946. The van der Waals surface area contributed by atoms with Crippen molar-refractivity contribution in [1.82, 2.24) is 0 Å². The van der Waals surface area contributed by atoms with Gasteiger partial charge in [-0.2, -0.15) is 0 Å². The number of amides is 2. The van der Waals surface area contributed by atoms with Gasteiger partial charge < -0.3 is 15.1 Å². The SMILES string of the molecule is NC(=O)c1cccc2c1CCCN2C(=O)C1CC1c1ccco1. The Hall–Kier alpha value is -2.56. The van der Waals surface area contributed by atoms with Crippen LogP contribution in [-0.2, 0) is 11.2 Å². The number of rotatable bonds is 3. The molecule has 2 amide bonds. The van der Waals surface area contributed by atoms with Gasteiger partial charge in [0.05, 0.1) is 6.26 Å². The number of hydrogen-bond donors (Lipinski definition) is 1. The Kier molecular flexibility index (Phi) is 3.22. The molecule has 2 aliphatic rings. The number of benzene rings is 1. The number of nitrogens with two attached hydrogens (primary N) is 1. The Morgan fingerprint density at radius 3 is 2.83 bits per heavy atom. The summed E-state index contributed by atoms with van der Waals surface area (Å²) >= 11 is 0. The van der Waals surface area contributed by atoms with Crippen molar-refractivity contribution in [2.45, 2.75) is 25.2 Å². The van der Waals surface area contributed by atoms with E-state index in [1.807, 2.05) is 23.1 Å². The largest absolute Gasteiger partial charge is 0.469 e. The first kappa shape index (κ1) is 14.1. The normalized spacial score (nSPS) is 22.5. The van der Waals surface area contributed by atoms with E-state index in [4.69, 9.17) is 10.2 Å². The average Bonchev–Trinajstić information content (AvgIpc) is 3.18. The lowest BCUT2D eigenvalue weighted by Gasteiger charge is -2.30. The maximum atomic E-state index is 12.9. The summed E-state index contributed by atoms with van der Waals surface area (Å²) in [5, 5.41) is 0. The van der Waals surface area contributed by atoms with Crippen molar-refractivity contribution < 1.29 is 14.0 Å². The first-order chi connectivity index (χ1) is 11.2. The molecule has 2 N–H and O–H groups in total. The van der Waals surface area contributed by atoms with Crippen LogP contribution in [-0.4, -0.2) is 18.4 Å². The summed E-state index contributed by atoms with van der Waals surface area (Å²) in [6.45, 7) is 0.690. The molecule has 2 unspecified atom stereocenters. The van der Waals surface area contributed by atoms with Crippen LogP contribution in [0, 0.1) is 5.92 Å². The van der Waals surface area contributed by atoms with Crippen molar-refractivity contribution in [2.75, 3.05) is 11.4 Å². The summed E-state index contributed by atoms with van der Waals surface area (Å²) < 4.78 is 5.41. The van der Waals surface area contributed by atoms with Gasteiger partial charge in [0, 0.05) is 29.6 Å². The molecular weight excluding hydrogens is 292 g/mol. The molecule has 1 aliphatic carbocycles. The summed E-state index contributed by atoms with van der Waals surface area (Å²) in [7, 11) is 0. The Bertz CT molecular complexity index is 767. The zero-order chi connectivity index (χ0) is 16.0. The van der Waals surface area contributed by atoms with Gasteiger partial charge in [-0.1, -0.05) is 6.07 Å². The van der Waals surface area contributed by atoms with Crippen LogP contribution < -0.4 is 10.6 Å². The summed E-state index contributed by atoms with van der Waals surface area (Å²) in [6.07, 6.45) is 4.10. The van der Waals surface area contributed by atoms with Crippen molar-refractivity contribution in [3.63, 3.8) is 0 Å². The van der Waals surface area contributed by atoms with Crippen LogP contribution in [0.1, 0.15) is 40.4 Å². The van der Waals surface area contributed by atoms with Crippen LogP contribution in [0.3, 0.4) is 0 Å². The van der Waals surface area contributed by atoms with E-state index in [1.54, 1.807) is 18.4 Å². The summed E-state index contributed by atoms with van der Waals surface area (Å²) in [5.74, 6) is 0.725. The van der Waals surface area contributed by atoms with E-state index in [2.05, 4.69) is 0 Å². The van der Waals surface area contributed by atoms with Gasteiger partial charge in [-0.25, -0.2) is 0 Å². The van der Waals surface area contributed by atoms with Gasteiger partial charge >= 0.3 is 0 Å². The monoisotopic (exact) mass is 310 g/mol. The molecule has 5 nitrogen and oxygen atoms in total. The molecule has 0 bridgehead atoms. The molecule has 1 aromatic heterocycles. The van der Waals surface area contributed by atoms with Crippen LogP contribution in [0.5, 0.6) is 0 Å². The molecular formula is C18H18N2O3. The number of carbonyl (C=O) groups is 2. The van der Waals surface area contributed by atoms with Crippen molar-refractivity contribution in [1.29, 1.82) is 0 Å². The van der Waals surface area contributed by atoms with Gasteiger partial charge in [-0.3, -0.25) is 9.59 Å². The molecule has 23 heavy (non-hydrogen) atoms. The van der Waals surface area contributed by atoms with E-state index >= 15 is 0 Å². The van der Waals surface area contributed by atoms with Crippen molar-refractivity contribution in [3.05, 3.63) is 53.5 Å². The summed E-state index contributed by atoms with van der Waals surface area (Å²) in [5.41, 5.74) is 7.72. The van der Waals surface area contributed by atoms with Crippen molar-refractivity contribution >= 4 is 17.5 Å². The Balaban J connectivity index is 1.61. The van der Waals surface area contributed by atoms with E-state index in [1.165, 1.54) is 0 Å². The van der Waals surface area contributed by atoms with E-state index in [0.29, 0.717) is 12.1 Å². The molecule has 0 saturated heterocycles. The van der Waals surface area contributed by atoms with E-state index in [9.17, 15) is 9.59 Å². The molecule has 5 heteroatoms. The number of hydrogen-bond acceptors (Lipinski definition) is 3. The maximum absolute atomic E-state index is 12.9. The van der Waals surface area contributed by atoms with Gasteiger partial charge in [0.25, 0.3) is 0 Å². The predicted molar refractivity (Wildman–Crippen MR) is 85.2 cm³/mol. The molecule has 2 atom stereocenters. The van der Waals surface area contributed by atoms with Crippen LogP contribution in [0.15, 0.2) is 41.0 Å². The lowest BCUT2D eigenvalue weighted by Crippen LogP contribution is -2.37. The minimum absolute atomic E-state index is 0.0238. The molecule has 0 spiro atoms. The molecule has 4 rings (SSSR count). The van der Waals surface area contributed by atoms with Crippen LogP contribution >= 0.6 is 0 Å². The lowest BCUT2D eigenvalue weighted by molar-refractivity contribution is -0.120. The first-order valence-electron chi connectivity index (χ1n) is 7.93. The standard InChI is InChI=1S/C18H18N2O3/c19-17(21)12-4-1-6-15-11(12)5-2-8-20(15)18(22)14-10-13(14)16-7-3-9-23-16/h1,3-4,6-7,9,13-14H,2,5,8,10H2,(H2,19,21). The highest BCUT2D eigenvalue weighted by molar-refractivity contribution is 6.02. The highest BCUT2D eigenvalue weighted by Gasteiger charge is 2.48. The maximum Gasteiger partial charge on any atom is 0.249 e. The number of fused-ring (bicyclic) bond motifs is 1. The predicted octanol–water partition coefficient (Wildman–Crippen LogP) is 2.46. The summed E-state index contributed by atoms with van der Waals surface area (Å²) in [4.78, 5) is 26.3. The molecule has 0 radical (unpaired) electrons. The number of carbonyl (C=O) groups excluding carboxylic acids is 2. The highest BCUT2D eigenvalue weighted by atomic mass is 16.3. The number of primary amides is 1. The third kappa shape index (κ3) is 2.32. The van der Waals surface area contributed by atoms with Crippen molar-refractivity contribution in [2.24, 2.45) is 11.7 Å². The zero-order valence-corrected chi connectivity index (χ0v) is 12.7. The summed E-state index contributed by atoms with van der Waals surface area (Å²) in [6, 6.07) is 9.21. The van der Waals surface area contributed by atoms with Crippen LogP contribution in [0.2, 0.25) is 0 Å². The van der Waals surface area contributed by atoms with E-state index in [0.717, 1.165) is 36.3 Å². The second kappa shape index (κ2) is 5.26. The second-order valence-corrected chi connectivity index (χ2v) is 6.23. The average molecular weight is 310 g/mol. The molecule has 1 aromatic carbocycles. The number of anilines is 1. The Morgan fingerprint density at radius 1 is 1.22 bits per heavy atom. The smallest absolute Gasteiger partial charge is 0.249 e. The van der Waals surface area contributed by atoms with Crippen LogP contribution in [0.25, 0.3) is 0 Å². The highest BCUT2D eigenvalue weighted by Crippen LogP contribution is 2.49. The first-order valence-corrected chi connectivity index (χ1v) is 7.93. The van der Waals surface area contributed by atoms with Crippen LogP contribution in [0.4, 0.5) is 5.69 Å². The fourth-order valence-electron chi connectivity index (χ4n) is 3.57. The van der Waals surface area contributed by atoms with E-state index < -0.39 is 5.91 Å². The molecule has 2 aromatic rings. The van der Waals surface area contributed by atoms with E-state index in [-0.39, 0.29) is 17.7 Å². The van der Waals surface area contributed by atoms with Gasteiger partial charge in [0.2, 0.25) is 11.8 Å². The fraction of sp³-hybridized carbons (Fsp3) is 0.333. The second-order valence-electron chi connectivity index (χ2n) is 6.23. The molecule has 1 saturated carbocycles. The topological polar surface area (TPSA) is 76.5 Å². The Labute approximate surface area is 134 Å². The molecule has 118 valence electrons. The fourth-order valence-corrected chi connectivity index (χ4v) is 3.57. The van der Waals surface area contributed by atoms with Gasteiger partial charge in [0.1, 0.15) is 5.76 Å².